The summed E-state index contributed by atoms with van der Waals surface area (Å²) in [5, 5.41) is 0. The largest absolute Gasteiger partial charge is 0.0648 e. The van der Waals surface area contributed by atoms with Crippen molar-refractivity contribution >= 4 is 0 Å². The van der Waals surface area contributed by atoms with Crippen molar-refractivity contribution in [3.05, 3.63) is 0 Å². The molecule has 2 bridgehead atoms. The number of rotatable bonds is 1. The maximum absolute atomic E-state index is 2.59. The lowest BCUT2D eigenvalue weighted by molar-refractivity contribution is -0.276. The molecule has 4 aliphatic rings. The van der Waals surface area contributed by atoms with E-state index in [4.69, 9.17) is 0 Å². The van der Waals surface area contributed by atoms with Gasteiger partial charge in [0.25, 0.3) is 0 Å². The first kappa shape index (κ1) is 8.32. The van der Waals surface area contributed by atoms with Crippen molar-refractivity contribution in [1.29, 1.82) is 0 Å². The Morgan fingerprint density at radius 2 is 1.77 bits per heavy atom. The first-order chi connectivity index (χ1) is 6.02. The number of hydrogen-bond donors (Lipinski definition) is 0. The molecule has 5 atom stereocenters. The Kier molecular flexibility index (Phi) is 1.19. The van der Waals surface area contributed by atoms with Gasteiger partial charge in [-0.15, -0.1) is 0 Å². The Morgan fingerprint density at radius 3 is 2.23 bits per heavy atom. The van der Waals surface area contributed by atoms with Crippen LogP contribution < -0.4 is 0 Å². The third-order valence-electron chi connectivity index (χ3n) is 6.74. The second kappa shape index (κ2) is 1.85. The van der Waals surface area contributed by atoms with Gasteiger partial charge in [0.2, 0.25) is 0 Å². The van der Waals surface area contributed by atoms with E-state index in [9.17, 15) is 0 Å². The average molecular weight is 178 g/mol. The van der Waals surface area contributed by atoms with E-state index in [1.165, 1.54) is 12.8 Å². The third kappa shape index (κ3) is 0.500. The Morgan fingerprint density at radius 1 is 1.15 bits per heavy atom. The molecule has 4 rings (SSSR count). The van der Waals surface area contributed by atoms with Crippen LogP contribution in [0.15, 0.2) is 0 Å². The van der Waals surface area contributed by atoms with Crippen molar-refractivity contribution in [2.75, 3.05) is 0 Å². The van der Waals surface area contributed by atoms with Gasteiger partial charge in [-0.2, -0.15) is 0 Å². The summed E-state index contributed by atoms with van der Waals surface area (Å²) in [5.74, 6) is 2.01. The van der Waals surface area contributed by atoms with Gasteiger partial charge in [0.15, 0.2) is 0 Å². The summed E-state index contributed by atoms with van der Waals surface area (Å²) in [6, 6.07) is 0. The van der Waals surface area contributed by atoms with Gasteiger partial charge in [-0.3, -0.25) is 0 Å². The highest BCUT2D eigenvalue weighted by Crippen LogP contribution is 2.90. The van der Waals surface area contributed by atoms with Crippen LogP contribution in [0.5, 0.6) is 0 Å². The first-order valence-corrected chi connectivity index (χ1v) is 6.02. The second-order valence-corrected chi connectivity index (χ2v) is 6.38. The lowest BCUT2D eigenvalue weighted by Gasteiger charge is -2.76. The van der Waals surface area contributed by atoms with Crippen LogP contribution in [0.2, 0.25) is 0 Å². The van der Waals surface area contributed by atoms with Gasteiger partial charge in [0.1, 0.15) is 0 Å². The van der Waals surface area contributed by atoms with Crippen molar-refractivity contribution in [1.82, 2.24) is 0 Å². The van der Waals surface area contributed by atoms with Crippen molar-refractivity contribution in [3.63, 3.8) is 0 Å². The fraction of sp³-hybridized carbons (Fsp3) is 1.00. The SMILES string of the molecule is CCC12CC3(CC1C)CC(C)C32C. The van der Waals surface area contributed by atoms with Crippen molar-refractivity contribution in [2.45, 2.75) is 53.4 Å². The van der Waals surface area contributed by atoms with Crippen LogP contribution in [0.4, 0.5) is 0 Å². The summed E-state index contributed by atoms with van der Waals surface area (Å²) < 4.78 is 0. The quantitative estimate of drug-likeness (QED) is 0.572. The van der Waals surface area contributed by atoms with Gasteiger partial charge in [-0.1, -0.05) is 27.7 Å². The summed E-state index contributed by atoms with van der Waals surface area (Å²) in [6.45, 7) is 10.0. The van der Waals surface area contributed by atoms with Gasteiger partial charge in [-0.05, 0) is 53.8 Å². The predicted octanol–water partition coefficient (Wildman–Crippen LogP) is 3.86. The van der Waals surface area contributed by atoms with E-state index in [1.807, 2.05) is 0 Å². The molecular formula is C13H22. The zero-order chi connectivity index (χ0) is 9.48. The predicted molar refractivity (Wildman–Crippen MR) is 55.4 cm³/mol. The van der Waals surface area contributed by atoms with Crippen molar-refractivity contribution < 1.29 is 0 Å². The summed E-state index contributed by atoms with van der Waals surface area (Å²) in [4.78, 5) is 0. The van der Waals surface area contributed by atoms with Crippen molar-refractivity contribution in [2.24, 2.45) is 28.1 Å². The monoisotopic (exact) mass is 178 g/mol. The third-order valence-corrected chi connectivity index (χ3v) is 6.74. The molecule has 0 amide bonds. The van der Waals surface area contributed by atoms with Crippen LogP contribution in [0.3, 0.4) is 0 Å². The van der Waals surface area contributed by atoms with Gasteiger partial charge in [-0.25, -0.2) is 0 Å². The first-order valence-electron chi connectivity index (χ1n) is 6.02. The maximum Gasteiger partial charge on any atom is -0.0184 e. The van der Waals surface area contributed by atoms with E-state index in [0.29, 0.717) is 0 Å². The normalized spacial score (nSPS) is 68.3. The van der Waals surface area contributed by atoms with Crippen LogP contribution in [0, 0.1) is 28.1 Å². The van der Waals surface area contributed by atoms with Crippen LogP contribution in [0.1, 0.15) is 53.4 Å². The molecule has 0 N–H and O–H groups in total. The fourth-order valence-electron chi connectivity index (χ4n) is 6.02. The molecule has 0 aromatic carbocycles. The molecular weight excluding hydrogens is 156 g/mol. The van der Waals surface area contributed by atoms with Gasteiger partial charge >= 0.3 is 0 Å². The maximum atomic E-state index is 2.59. The summed E-state index contributed by atoms with van der Waals surface area (Å²) in [7, 11) is 0. The molecule has 4 fully saturated rings. The Bertz CT molecular complexity index is 269. The molecule has 0 radical (unpaired) electrons. The molecule has 4 aliphatic carbocycles. The minimum absolute atomic E-state index is 0.744. The van der Waals surface area contributed by atoms with E-state index in [2.05, 4.69) is 27.7 Å². The van der Waals surface area contributed by atoms with E-state index < -0.39 is 0 Å². The molecule has 0 nitrogen and oxygen atoms in total. The van der Waals surface area contributed by atoms with E-state index >= 15 is 0 Å². The van der Waals surface area contributed by atoms with Crippen LogP contribution >= 0.6 is 0 Å². The van der Waals surface area contributed by atoms with Gasteiger partial charge in [0.05, 0.1) is 0 Å². The number of fused-ring (bicyclic) bond motifs is 1. The highest BCUT2D eigenvalue weighted by atomic mass is 14.9. The smallest absolute Gasteiger partial charge is 0.0184 e. The molecule has 1 spiro atoms. The molecule has 0 heterocycles. The minimum atomic E-state index is 0.744. The molecule has 0 aromatic heterocycles. The topological polar surface area (TPSA) is 0 Å². The fourth-order valence-corrected chi connectivity index (χ4v) is 6.02. The Hall–Kier alpha value is 0. The Labute approximate surface area is 82.1 Å². The summed E-state index contributed by atoms with van der Waals surface area (Å²) in [5.41, 5.74) is 2.32. The van der Waals surface area contributed by atoms with Crippen LogP contribution in [0.25, 0.3) is 0 Å². The molecule has 0 heteroatoms. The molecule has 0 aromatic rings. The van der Waals surface area contributed by atoms with Crippen LogP contribution in [-0.4, -0.2) is 0 Å². The zero-order valence-corrected chi connectivity index (χ0v) is 9.48. The van der Waals surface area contributed by atoms with Gasteiger partial charge in [0, 0.05) is 0 Å². The zero-order valence-electron chi connectivity index (χ0n) is 9.48. The van der Waals surface area contributed by atoms with E-state index in [-0.39, 0.29) is 0 Å². The molecule has 0 aliphatic heterocycles. The molecule has 74 valence electrons. The highest BCUT2D eigenvalue weighted by Gasteiger charge is 2.83. The molecule has 13 heavy (non-hydrogen) atoms. The molecule has 0 saturated heterocycles. The standard InChI is InChI=1S/C13H22/c1-5-13-8-12(7-10(13)3)6-9(2)11(12,13)4/h9-10H,5-8H2,1-4H3. The van der Waals surface area contributed by atoms with Crippen LogP contribution in [-0.2, 0) is 0 Å². The van der Waals surface area contributed by atoms with Crippen molar-refractivity contribution in [3.8, 4) is 0 Å². The minimum Gasteiger partial charge on any atom is -0.0648 e. The summed E-state index contributed by atoms with van der Waals surface area (Å²) >= 11 is 0. The lowest BCUT2D eigenvalue weighted by atomic mass is 9.28. The average Bonchev–Trinajstić information content (AvgIpc) is 2.48. The highest BCUT2D eigenvalue weighted by molar-refractivity contribution is 5.31. The molecule has 5 unspecified atom stereocenters. The lowest BCUT2D eigenvalue weighted by Crippen LogP contribution is -2.69. The Balaban J connectivity index is 2.07. The molecule has 4 saturated carbocycles. The second-order valence-electron chi connectivity index (χ2n) is 6.38. The summed E-state index contributed by atoms with van der Waals surface area (Å²) in [6.07, 6.45) is 6.08. The number of hydrogen-bond acceptors (Lipinski definition) is 0. The van der Waals surface area contributed by atoms with E-state index in [1.54, 1.807) is 12.8 Å². The van der Waals surface area contributed by atoms with Gasteiger partial charge < -0.3 is 0 Å². The van der Waals surface area contributed by atoms with E-state index in [0.717, 1.165) is 28.1 Å².